The molecule has 22 heavy (non-hydrogen) atoms. The fourth-order valence-electron chi connectivity index (χ4n) is 2.29. The topological polar surface area (TPSA) is 73.1 Å². The molecule has 0 unspecified atom stereocenters. The maximum atomic E-state index is 12.1. The second kappa shape index (κ2) is 9.30. The number of nitrogens with two attached hydrogens (primary N) is 1. The molecule has 0 fully saturated rings. The molecule has 0 spiro atoms. The third kappa shape index (κ3) is 6.08. The second-order valence-electron chi connectivity index (χ2n) is 5.14. The minimum atomic E-state index is -3.19. The fourth-order valence-corrected chi connectivity index (χ4v) is 3.89. The summed E-state index contributed by atoms with van der Waals surface area (Å²) in [5, 5.41) is 0.957. The van der Waals surface area contributed by atoms with E-state index in [-0.39, 0.29) is 42.4 Å². The molecule has 0 saturated carbocycles. The number of aromatic nitrogens is 1. The van der Waals surface area contributed by atoms with E-state index in [0.717, 1.165) is 23.7 Å². The first-order chi connectivity index (χ1) is 9.50. The Morgan fingerprint density at radius 2 is 1.91 bits per heavy atom. The van der Waals surface area contributed by atoms with Crippen molar-refractivity contribution >= 4 is 45.6 Å². The Labute approximate surface area is 144 Å². The van der Waals surface area contributed by atoms with E-state index in [1.54, 1.807) is 6.20 Å². The molecule has 2 aromatic rings. The zero-order chi connectivity index (χ0) is 14.6. The van der Waals surface area contributed by atoms with Gasteiger partial charge in [0.1, 0.15) is 0 Å². The Morgan fingerprint density at radius 1 is 1.23 bits per heavy atom. The van der Waals surface area contributed by atoms with Gasteiger partial charge in [-0.1, -0.05) is 31.5 Å². The molecule has 1 aromatic heterocycles. The summed E-state index contributed by atoms with van der Waals surface area (Å²) >= 11 is 0. The van der Waals surface area contributed by atoms with Crippen LogP contribution in [-0.4, -0.2) is 25.2 Å². The molecule has 7 heteroatoms. The highest BCUT2D eigenvalue weighted by molar-refractivity contribution is 7.90. The van der Waals surface area contributed by atoms with E-state index in [9.17, 15) is 8.42 Å². The van der Waals surface area contributed by atoms with Gasteiger partial charge in [-0.15, -0.1) is 24.8 Å². The summed E-state index contributed by atoms with van der Waals surface area (Å²) < 4.78 is 24.2. The fraction of sp³-hybridized carbons (Fsp3) is 0.400. The number of halogens is 2. The van der Waals surface area contributed by atoms with E-state index in [0.29, 0.717) is 5.56 Å². The van der Waals surface area contributed by atoms with Crippen LogP contribution in [0.5, 0.6) is 0 Å². The van der Waals surface area contributed by atoms with Crippen LogP contribution in [0.1, 0.15) is 25.3 Å². The first-order valence-electron chi connectivity index (χ1n) is 6.80. The molecular formula is C15H22Cl2N2O2S. The Balaban J connectivity index is 0.00000220. The van der Waals surface area contributed by atoms with Crippen molar-refractivity contribution < 1.29 is 8.42 Å². The van der Waals surface area contributed by atoms with E-state index in [2.05, 4.69) is 4.98 Å². The lowest BCUT2D eigenvalue weighted by molar-refractivity contribution is 0.576. The highest BCUT2D eigenvalue weighted by Crippen LogP contribution is 2.15. The number of pyridine rings is 1. The number of rotatable bonds is 6. The standard InChI is InChI=1S/C15H20N2O2S.2ClH/c1-2-5-14(16)11-20(18,19)10-12-8-13-6-3-4-7-15(13)17-9-12;;/h3-4,6-9,14H,2,5,10-11,16H2,1H3;2*1H/t14-;;/m0../s1. The molecule has 124 valence electrons. The molecule has 2 N–H and O–H groups in total. The minimum Gasteiger partial charge on any atom is -0.327 e. The van der Waals surface area contributed by atoms with Crippen molar-refractivity contribution in [2.24, 2.45) is 5.73 Å². The Morgan fingerprint density at radius 3 is 2.59 bits per heavy atom. The monoisotopic (exact) mass is 364 g/mol. The Bertz CT molecular complexity index is 693. The van der Waals surface area contributed by atoms with E-state index in [4.69, 9.17) is 5.73 Å². The Kier molecular flexibility index (Phi) is 8.93. The number of fused-ring (bicyclic) bond motifs is 1. The smallest absolute Gasteiger partial charge is 0.156 e. The predicted molar refractivity (Wildman–Crippen MR) is 96.6 cm³/mol. The summed E-state index contributed by atoms with van der Waals surface area (Å²) in [7, 11) is -3.19. The summed E-state index contributed by atoms with van der Waals surface area (Å²) in [4.78, 5) is 4.29. The Hall–Kier alpha value is -0.880. The number of hydrogen-bond acceptors (Lipinski definition) is 4. The van der Waals surface area contributed by atoms with E-state index >= 15 is 0 Å². The minimum absolute atomic E-state index is 0. The van der Waals surface area contributed by atoms with Crippen LogP contribution in [0.3, 0.4) is 0 Å². The van der Waals surface area contributed by atoms with Gasteiger partial charge in [-0.25, -0.2) is 8.42 Å². The summed E-state index contributed by atoms with van der Waals surface area (Å²) in [5.41, 5.74) is 7.41. The van der Waals surface area contributed by atoms with Gasteiger partial charge >= 0.3 is 0 Å². The summed E-state index contributed by atoms with van der Waals surface area (Å²) in [5.74, 6) is 0.0376. The molecule has 0 aliphatic carbocycles. The lowest BCUT2D eigenvalue weighted by atomic mass is 10.2. The zero-order valence-corrected chi connectivity index (χ0v) is 14.9. The van der Waals surface area contributed by atoms with Crippen molar-refractivity contribution in [1.29, 1.82) is 0 Å². The lowest BCUT2D eigenvalue weighted by Crippen LogP contribution is -2.30. The van der Waals surface area contributed by atoms with Gasteiger partial charge in [-0.2, -0.15) is 0 Å². The average Bonchev–Trinajstić information content (AvgIpc) is 2.37. The van der Waals surface area contributed by atoms with Crippen LogP contribution >= 0.6 is 24.8 Å². The molecule has 0 amide bonds. The molecule has 4 nitrogen and oxygen atoms in total. The van der Waals surface area contributed by atoms with E-state index in [1.807, 2.05) is 37.3 Å². The maximum absolute atomic E-state index is 12.1. The van der Waals surface area contributed by atoms with Gasteiger partial charge < -0.3 is 5.73 Å². The summed E-state index contributed by atoms with van der Waals surface area (Å²) in [6, 6.07) is 9.27. The third-order valence-corrected chi connectivity index (χ3v) is 4.87. The van der Waals surface area contributed by atoms with Gasteiger partial charge in [0.2, 0.25) is 0 Å². The SMILES string of the molecule is CCC[C@H](N)CS(=O)(=O)Cc1cnc2ccccc2c1.Cl.Cl. The number of nitrogens with zero attached hydrogens (tertiary/aromatic N) is 1. The van der Waals surface area contributed by atoms with Crippen molar-refractivity contribution in [2.45, 2.75) is 31.6 Å². The molecule has 0 radical (unpaired) electrons. The molecule has 2 rings (SSSR count). The van der Waals surface area contributed by atoms with Gasteiger partial charge in [0.05, 0.1) is 17.0 Å². The molecule has 1 heterocycles. The van der Waals surface area contributed by atoms with Crippen LogP contribution in [0.25, 0.3) is 10.9 Å². The molecule has 1 aromatic carbocycles. The van der Waals surface area contributed by atoms with Gasteiger partial charge in [0.25, 0.3) is 0 Å². The highest BCUT2D eigenvalue weighted by Gasteiger charge is 2.17. The van der Waals surface area contributed by atoms with Gasteiger partial charge in [0.15, 0.2) is 9.84 Å². The molecular weight excluding hydrogens is 343 g/mol. The van der Waals surface area contributed by atoms with Crippen LogP contribution in [0.2, 0.25) is 0 Å². The molecule has 0 aliphatic heterocycles. The molecule has 1 atom stereocenters. The molecule has 0 saturated heterocycles. The molecule has 0 aliphatic rings. The van der Waals surface area contributed by atoms with Crippen LogP contribution in [0.15, 0.2) is 36.5 Å². The third-order valence-electron chi connectivity index (χ3n) is 3.16. The highest BCUT2D eigenvalue weighted by atomic mass is 35.5. The largest absolute Gasteiger partial charge is 0.327 e. The zero-order valence-electron chi connectivity index (χ0n) is 12.4. The number of sulfone groups is 1. The van der Waals surface area contributed by atoms with E-state index in [1.165, 1.54) is 0 Å². The van der Waals surface area contributed by atoms with E-state index < -0.39 is 9.84 Å². The van der Waals surface area contributed by atoms with Crippen LogP contribution in [0, 0.1) is 0 Å². The maximum Gasteiger partial charge on any atom is 0.156 e. The van der Waals surface area contributed by atoms with Crippen LogP contribution < -0.4 is 5.73 Å². The number of hydrogen-bond donors (Lipinski definition) is 1. The van der Waals surface area contributed by atoms with Gasteiger partial charge in [-0.3, -0.25) is 4.98 Å². The van der Waals surface area contributed by atoms with Crippen molar-refractivity contribution in [3.05, 3.63) is 42.1 Å². The van der Waals surface area contributed by atoms with Crippen LogP contribution in [0.4, 0.5) is 0 Å². The number of benzene rings is 1. The predicted octanol–water partition coefficient (Wildman–Crippen LogP) is 3.12. The summed E-state index contributed by atoms with van der Waals surface area (Å²) in [6.45, 7) is 2.00. The second-order valence-corrected chi connectivity index (χ2v) is 7.25. The first-order valence-corrected chi connectivity index (χ1v) is 8.62. The van der Waals surface area contributed by atoms with Crippen molar-refractivity contribution in [3.63, 3.8) is 0 Å². The average molecular weight is 365 g/mol. The van der Waals surface area contributed by atoms with Crippen LogP contribution in [-0.2, 0) is 15.6 Å². The number of para-hydroxylation sites is 1. The van der Waals surface area contributed by atoms with Crippen molar-refractivity contribution in [3.8, 4) is 0 Å². The quantitative estimate of drug-likeness (QED) is 0.854. The lowest BCUT2D eigenvalue weighted by Gasteiger charge is -2.11. The van der Waals surface area contributed by atoms with Crippen molar-refractivity contribution in [2.75, 3.05) is 5.75 Å². The van der Waals surface area contributed by atoms with Crippen molar-refractivity contribution in [1.82, 2.24) is 4.98 Å². The summed E-state index contributed by atoms with van der Waals surface area (Å²) in [6.07, 6.45) is 3.26. The van der Waals surface area contributed by atoms with Gasteiger partial charge in [0, 0.05) is 17.6 Å². The first kappa shape index (κ1) is 21.1. The molecule has 0 bridgehead atoms. The van der Waals surface area contributed by atoms with Gasteiger partial charge in [-0.05, 0) is 24.1 Å². The normalized spacial score (nSPS) is 12.3.